The lowest BCUT2D eigenvalue weighted by molar-refractivity contribution is 0.782. The van der Waals surface area contributed by atoms with Gasteiger partial charge in [0.2, 0.25) is 0 Å². The minimum atomic E-state index is 0.620. The van der Waals surface area contributed by atoms with E-state index in [4.69, 9.17) is 17.2 Å². The van der Waals surface area contributed by atoms with Gasteiger partial charge in [0.15, 0.2) is 0 Å². The maximum Gasteiger partial charge on any atom is 0.0387 e. The Bertz CT molecular complexity index is 269. The highest BCUT2D eigenvalue weighted by molar-refractivity contribution is 5.55. The van der Waals surface area contributed by atoms with Gasteiger partial charge in [-0.25, -0.2) is 0 Å². The number of nitrogen functional groups attached to an aromatic ring is 1. The SMILES string of the molecule is NCCN(CCN)c1cccc(N)c1. The number of anilines is 2. The first-order chi connectivity index (χ1) is 6.77. The first-order valence-corrected chi connectivity index (χ1v) is 4.78. The maximum atomic E-state index is 5.70. The van der Waals surface area contributed by atoms with Gasteiger partial charge in [-0.05, 0) is 18.2 Å². The van der Waals surface area contributed by atoms with Gasteiger partial charge in [0, 0.05) is 37.6 Å². The van der Waals surface area contributed by atoms with Crippen molar-refractivity contribution in [3.63, 3.8) is 0 Å². The smallest absolute Gasteiger partial charge is 0.0387 e. The molecule has 0 aliphatic carbocycles. The van der Waals surface area contributed by atoms with Gasteiger partial charge >= 0.3 is 0 Å². The first-order valence-electron chi connectivity index (χ1n) is 4.78. The largest absolute Gasteiger partial charge is 0.399 e. The lowest BCUT2D eigenvalue weighted by Crippen LogP contribution is -2.33. The molecule has 78 valence electrons. The average Bonchev–Trinajstić information content (AvgIpc) is 2.17. The van der Waals surface area contributed by atoms with Crippen LogP contribution < -0.4 is 22.1 Å². The molecular formula is C10H18N4. The molecular weight excluding hydrogens is 176 g/mol. The van der Waals surface area contributed by atoms with Gasteiger partial charge in [-0.15, -0.1) is 0 Å². The van der Waals surface area contributed by atoms with Crippen molar-refractivity contribution >= 4 is 11.4 Å². The third-order valence-electron chi connectivity index (χ3n) is 2.03. The lowest BCUT2D eigenvalue weighted by Gasteiger charge is -2.23. The predicted octanol–water partition coefficient (Wildman–Crippen LogP) is -0.00740. The van der Waals surface area contributed by atoms with Crippen molar-refractivity contribution in [2.75, 3.05) is 36.8 Å². The van der Waals surface area contributed by atoms with E-state index in [0.29, 0.717) is 13.1 Å². The van der Waals surface area contributed by atoms with E-state index < -0.39 is 0 Å². The molecule has 4 heteroatoms. The van der Waals surface area contributed by atoms with Gasteiger partial charge in [0.05, 0.1) is 0 Å². The van der Waals surface area contributed by atoms with Gasteiger partial charge in [0.25, 0.3) is 0 Å². The summed E-state index contributed by atoms with van der Waals surface area (Å²) >= 11 is 0. The molecule has 0 bridgehead atoms. The van der Waals surface area contributed by atoms with Crippen LogP contribution in [0.4, 0.5) is 11.4 Å². The van der Waals surface area contributed by atoms with Crippen LogP contribution in [-0.2, 0) is 0 Å². The molecule has 6 N–H and O–H groups in total. The third kappa shape index (κ3) is 2.90. The molecule has 0 amide bonds. The van der Waals surface area contributed by atoms with Crippen molar-refractivity contribution in [1.29, 1.82) is 0 Å². The van der Waals surface area contributed by atoms with Crippen LogP contribution in [0.15, 0.2) is 24.3 Å². The van der Waals surface area contributed by atoms with Crippen molar-refractivity contribution in [3.8, 4) is 0 Å². The topological polar surface area (TPSA) is 81.3 Å². The molecule has 0 aromatic heterocycles. The summed E-state index contributed by atoms with van der Waals surface area (Å²) in [6, 6.07) is 7.75. The van der Waals surface area contributed by atoms with Crippen LogP contribution in [0.2, 0.25) is 0 Å². The number of hydrogen-bond donors (Lipinski definition) is 3. The van der Waals surface area contributed by atoms with Crippen molar-refractivity contribution in [3.05, 3.63) is 24.3 Å². The fraction of sp³-hybridized carbons (Fsp3) is 0.400. The molecule has 0 unspecified atom stereocenters. The predicted molar refractivity (Wildman–Crippen MR) is 61.2 cm³/mol. The molecule has 0 atom stereocenters. The molecule has 0 saturated carbocycles. The van der Waals surface area contributed by atoms with Crippen LogP contribution in [0, 0.1) is 0 Å². The quantitative estimate of drug-likeness (QED) is 0.576. The minimum absolute atomic E-state index is 0.620. The van der Waals surface area contributed by atoms with E-state index >= 15 is 0 Å². The Morgan fingerprint density at radius 2 is 1.71 bits per heavy atom. The monoisotopic (exact) mass is 194 g/mol. The maximum absolute atomic E-state index is 5.70. The molecule has 0 aliphatic heterocycles. The van der Waals surface area contributed by atoms with Crippen LogP contribution in [0.1, 0.15) is 0 Å². The Morgan fingerprint density at radius 3 is 2.21 bits per heavy atom. The molecule has 1 aromatic carbocycles. The Morgan fingerprint density at radius 1 is 1.07 bits per heavy atom. The normalized spacial score (nSPS) is 10.1. The van der Waals surface area contributed by atoms with Crippen molar-refractivity contribution in [1.82, 2.24) is 0 Å². The minimum Gasteiger partial charge on any atom is -0.399 e. The van der Waals surface area contributed by atoms with Crippen molar-refractivity contribution in [2.45, 2.75) is 0 Å². The van der Waals surface area contributed by atoms with E-state index in [2.05, 4.69) is 4.90 Å². The van der Waals surface area contributed by atoms with Gasteiger partial charge in [-0.1, -0.05) is 6.07 Å². The van der Waals surface area contributed by atoms with Crippen LogP contribution in [-0.4, -0.2) is 26.2 Å². The molecule has 0 radical (unpaired) electrons. The molecule has 14 heavy (non-hydrogen) atoms. The van der Waals surface area contributed by atoms with E-state index in [0.717, 1.165) is 24.5 Å². The van der Waals surface area contributed by atoms with Crippen LogP contribution in [0.25, 0.3) is 0 Å². The number of nitrogens with two attached hydrogens (primary N) is 3. The van der Waals surface area contributed by atoms with E-state index in [9.17, 15) is 0 Å². The number of rotatable bonds is 5. The number of hydrogen-bond acceptors (Lipinski definition) is 4. The summed E-state index contributed by atoms with van der Waals surface area (Å²) in [5.41, 5.74) is 18.6. The van der Waals surface area contributed by atoms with Crippen LogP contribution in [0.3, 0.4) is 0 Å². The molecule has 0 saturated heterocycles. The average molecular weight is 194 g/mol. The van der Waals surface area contributed by atoms with Gasteiger partial charge in [-0.3, -0.25) is 0 Å². The highest BCUT2D eigenvalue weighted by Gasteiger charge is 2.03. The summed E-state index contributed by atoms with van der Waals surface area (Å²) in [5, 5.41) is 0. The first kappa shape index (κ1) is 10.8. The fourth-order valence-electron chi connectivity index (χ4n) is 1.40. The highest BCUT2D eigenvalue weighted by atomic mass is 15.1. The zero-order valence-corrected chi connectivity index (χ0v) is 8.32. The van der Waals surface area contributed by atoms with E-state index in [1.165, 1.54) is 0 Å². The van der Waals surface area contributed by atoms with Crippen LogP contribution in [0.5, 0.6) is 0 Å². The van der Waals surface area contributed by atoms with Gasteiger partial charge in [0.1, 0.15) is 0 Å². The molecule has 1 aromatic rings. The molecule has 0 fully saturated rings. The second-order valence-electron chi connectivity index (χ2n) is 3.16. The molecule has 0 heterocycles. The second kappa shape index (κ2) is 5.47. The van der Waals surface area contributed by atoms with Gasteiger partial charge in [-0.2, -0.15) is 0 Å². The third-order valence-corrected chi connectivity index (χ3v) is 2.03. The van der Waals surface area contributed by atoms with Crippen molar-refractivity contribution < 1.29 is 0 Å². The summed E-state index contributed by atoms with van der Waals surface area (Å²) in [7, 11) is 0. The Labute approximate surface area is 84.7 Å². The zero-order chi connectivity index (χ0) is 10.4. The Kier molecular flexibility index (Phi) is 4.22. The van der Waals surface area contributed by atoms with Crippen LogP contribution >= 0.6 is 0 Å². The standard InChI is InChI=1S/C10H18N4/c11-4-6-14(7-5-12)10-3-1-2-9(13)8-10/h1-3,8H,4-7,11-13H2. The summed E-state index contributed by atoms with van der Waals surface area (Å²) in [4.78, 5) is 2.14. The molecule has 4 nitrogen and oxygen atoms in total. The van der Waals surface area contributed by atoms with Gasteiger partial charge < -0.3 is 22.1 Å². The fourth-order valence-corrected chi connectivity index (χ4v) is 1.40. The zero-order valence-electron chi connectivity index (χ0n) is 8.32. The number of benzene rings is 1. The molecule has 0 spiro atoms. The summed E-state index contributed by atoms with van der Waals surface area (Å²) in [6.07, 6.45) is 0. The molecule has 1 rings (SSSR count). The van der Waals surface area contributed by atoms with Crippen molar-refractivity contribution in [2.24, 2.45) is 11.5 Å². The summed E-state index contributed by atoms with van der Waals surface area (Å²) in [5.74, 6) is 0. The molecule has 0 aliphatic rings. The van der Waals surface area contributed by atoms with E-state index in [1.54, 1.807) is 0 Å². The summed E-state index contributed by atoms with van der Waals surface area (Å²) < 4.78 is 0. The van der Waals surface area contributed by atoms with E-state index in [1.807, 2.05) is 24.3 Å². The summed E-state index contributed by atoms with van der Waals surface area (Å²) in [6.45, 7) is 2.85. The Balaban J connectivity index is 2.75. The Hall–Kier alpha value is -1.26. The highest BCUT2D eigenvalue weighted by Crippen LogP contribution is 2.16. The number of nitrogens with zero attached hydrogens (tertiary/aromatic N) is 1. The second-order valence-corrected chi connectivity index (χ2v) is 3.16. The van der Waals surface area contributed by atoms with E-state index in [-0.39, 0.29) is 0 Å². The lowest BCUT2D eigenvalue weighted by atomic mass is 10.2.